The van der Waals surface area contributed by atoms with Gasteiger partial charge in [0.05, 0.1) is 0 Å². The van der Waals surface area contributed by atoms with Crippen molar-refractivity contribution < 1.29 is 9.84 Å². The summed E-state index contributed by atoms with van der Waals surface area (Å²) < 4.78 is 5.60. The quantitative estimate of drug-likeness (QED) is 0.781. The second-order valence-corrected chi connectivity index (χ2v) is 4.44. The zero-order chi connectivity index (χ0) is 12.4. The van der Waals surface area contributed by atoms with Gasteiger partial charge in [0.15, 0.2) is 6.23 Å². The molecule has 4 nitrogen and oxygen atoms in total. The highest BCUT2D eigenvalue weighted by Crippen LogP contribution is 2.28. The highest BCUT2D eigenvalue weighted by molar-refractivity contribution is 5.58. The van der Waals surface area contributed by atoms with Crippen LogP contribution in [0.15, 0.2) is 18.2 Å². The maximum atomic E-state index is 9.88. The van der Waals surface area contributed by atoms with Crippen molar-refractivity contribution in [1.82, 2.24) is 0 Å². The van der Waals surface area contributed by atoms with Crippen molar-refractivity contribution in [3.8, 4) is 0 Å². The van der Waals surface area contributed by atoms with E-state index in [2.05, 4.69) is 4.90 Å². The van der Waals surface area contributed by atoms with Gasteiger partial charge in [-0.2, -0.15) is 0 Å². The molecule has 4 heteroatoms. The summed E-state index contributed by atoms with van der Waals surface area (Å²) in [5, 5.41) is 9.88. The monoisotopic (exact) mass is 236 g/mol. The predicted molar refractivity (Wildman–Crippen MR) is 69.0 cm³/mol. The highest BCUT2D eigenvalue weighted by atomic mass is 16.5. The number of aliphatic hydroxyl groups excluding tert-OH is 1. The van der Waals surface area contributed by atoms with Gasteiger partial charge in [-0.3, -0.25) is 0 Å². The lowest BCUT2D eigenvalue weighted by atomic mass is 10.1. The van der Waals surface area contributed by atoms with E-state index in [-0.39, 0.29) is 6.23 Å². The molecule has 0 spiro atoms. The van der Waals surface area contributed by atoms with Crippen molar-refractivity contribution in [2.75, 3.05) is 23.8 Å². The predicted octanol–water partition coefficient (Wildman–Crippen LogP) is 1.51. The number of nitrogens with zero attached hydrogens (tertiary/aromatic N) is 1. The van der Waals surface area contributed by atoms with Crippen LogP contribution in [0.4, 0.5) is 11.4 Å². The number of aryl methyl sites for hydroxylation is 1. The van der Waals surface area contributed by atoms with Gasteiger partial charge >= 0.3 is 0 Å². The molecule has 0 aromatic heterocycles. The molecule has 0 aliphatic carbocycles. The summed E-state index contributed by atoms with van der Waals surface area (Å²) in [6.07, 6.45) is 0.101. The molecule has 17 heavy (non-hydrogen) atoms. The Morgan fingerprint density at radius 2 is 2.29 bits per heavy atom. The number of rotatable bonds is 3. The average Bonchev–Trinajstić information content (AvgIpc) is 2.66. The van der Waals surface area contributed by atoms with Crippen molar-refractivity contribution >= 4 is 11.4 Å². The minimum absolute atomic E-state index is 0.233. The lowest BCUT2D eigenvalue weighted by Gasteiger charge is -2.28. The molecule has 0 amide bonds. The molecule has 94 valence electrons. The maximum Gasteiger partial charge on any atom is 0.156 e. The van der Waals surface area contributed by atoms with Crippen LogP contribution < -0.4 is 10.6 Å². The molecule has 1 aliphatic heterocycles. The molecule has 2 rings (SSSR count). The summed E-state index contributed by atoms with van der Waals surface area (Å²) in [5.41, 5.74) is 8.72. The van der Waals surface area contributed by atoms with Gasteiger partial charge < -0.3 is 20.5 Å². The van der Waals surface area contributed by atoms with Crippen LogP contribution in [0.5, 0.6) is 0 Å². The first kappa shape index (κ1) is 12.2. The Hall–Kier alpha value is -1.26. The van der Waals surface area contributed by atoms with Crippen molar-refractivity contribution in [2.24, 2.45) is 0 Å². The van der Waals surface area contributed by atoms with E-state index in [4.69, 9.17) is 10.5 Å². The molecule has 1 aromatic carbocycles. The first-order valence-corrected chi connectivity index (χ1v) is 6.06. The maximum absolute atomic E-state index is 9.88. The zero-order valence-corrected chi connectivity index (χ0v) is 10.4. The summed E-state index contributed by atoms with van der Waals surface area (Å²) in [7, 11) is 0. The molecular weight excluding hydrogens is 216 g/mol. The average molecular weight is 236 g/mol. The smallest absolute Gasteiger partial charge is 0.156 e. The lowest BCUT2D eigenvalue weighted by molar-refractivity contribution is -0.0116. The number of benzene rings is 1. The molecule has 0 bridgehead atoms. The molecule has 1 aliphatic rings. The van der Waals surface area contributed by atoms with E-state index < -0.39 is 6.10 Å². The van der Waals surface area contributed by atoms with Crippen molar-refractivity contribution in [1.29, 1.82) is 0 Å². The van der Waals surface area contributed by atoms with Gasteiger partial charge in [-0.05, 0) is 44.0 Å². The molecule has 1 fully saturated rings. The molecular formula is C13H20N2O2. The normalized spacial score (nSPS) is 24.3. The first-order valence-electron chi connectivity index (χ1n) is 6.06. The summed E-state index contributed by atoms with van der Waals surface area (Å²) in [5.74, 6) is 0. The Kier molecular flexibility index (Phi) is 3.54. The fourth-order valence-electron chi connectivity index (χ4n) is 2.24. The van der Waals surface area contributed by atoms with Gasteiger partial charge in [0.2, 0.25) is 0 Å². The van der Waals surface area contributed by atoms with Crippen LogP contribution in [-0.4, -0.2) is 30.6 Å². The Balaban J connectivity index is 2.23. The van der Waals surface area contributed by atoms with E-state index in [0.717, 1.165) is 29.9 Å². The fraction of sp³-hybridized carbons (Fsp3) is 0.538. The van der Waals surface area contributed by atoms with Gasteiger partial charge in [0.1, 0.15) is 6.10 Å². The van der Waals surface area contributed by atoms with Crippen molar-refractivity contribution in [3.63, 3.8) is 0 Å². The van der Waals surface area contributed by atoms with Gasteiger partial charge in [-0.15, -0.1) is 0 Å². The Labute approximate surface area is 102 Å². The second kappa shape index (κ2) is 4.94. The Morgan fingerprint density at radius 3 is 2.94 bits per heavy atom. The molecule has 3 N–H and O–H groups in total. The Bertz CT molecular complexity index is 395. The molecule has 0 saturated carbocycles. The SMILES string of the molecule is CCOC1C(O)CCN1c1ccc(N)c(C)c1. The van der Waals surface area contributed by atoms with Crippen LogP contribution in [0, 0.1) is 6.92 Å². The second-order valence-electron chi connectivity index (χ2n) is 4.44. The number of ether oxygens (including phenoxy) is 1. The topological polar surface area (TPSA) is 58.7 Å². The molecule has 2 unspecified atom stereocenters. The van der Waals surface area contributed by atoms with Crippen LogP contribution in [-0.2, 0) is 4.74 Å². The van der Waals surface area contributed by atoms with Gasteiger partial charge in [-0.1, -0.05) is 0 Å². The van der Waals surface area contributed by atoms with Gasteiger partial charge in [-0.25, -0.2) is 0 Å². The minimum atomic E-state index is -0.409. The van der Waals surface area contributed by atoms with E-state index in [1.165, 1.54) is 0 Å². The van der Waals surface area contributed by atoms with Crippen LogP contribution >= 0.6 is 0 Å². The third-order valence-electron chi connectivity index (χ3n) is 3.22. The van der Waals surface area contributed by atoms with Crippen LogP contribution in [0.25, 0.3) is 0 Å². The van der Waals surface area contributed by atoms with Crippen molar-refractivity contribution in [2.45, 2.75) is 32.6 Å². The summed E-state index contributed by atoms with van der Waals surface area (Å²) in [4.78, 5) is 2.10. The Morgan fingerprint density at radius 1 is 1.53 bits per heavy atom. The van der Waals surface area contributed by atoms with Crippen LogP contribution in [0.2, 0.25) is 0 Å². The van der Waals surface area contributed by atoms with E-state index >= 15 is 0 Å². The summed E-state index contributed by atoms with van der Waals surface area (Å²) >= 11 is 0. The number of nitrogens with two attached hydrogens (primary N) is 1. The minimum Gasteiger partial charge on any atom is -0.399 e. The third-order valence-corrected chi connectivity index (χ3v) is 3.22. The van der Waals surface area contributed by atoms with Crippen LogP contribution in [0.1, 0.15) is 18.9 Å². The third kappa shape index (κ3) is 2.37. The van der Waals surface area contributed by atoms with E-state index in [1.807, 2.05) is 32.0 Å². The largest absolute Gasteiger partial charge is 0.399 e. The summed E-state index contributed by atoms with van der Waals surface area (Å²) in [6, 6.07) is 5.92. The molecule has 2 atom stereocenters. The number of hydrogen-bond acceptors (Lipinski definition) is 4. The number of nitrogen functional groups attached to an aromatic ring is 1. The van der Waals surface area contributed by atoms with E-state index in [1.54, 1.807) is 0 Å². The molecule has 1 saturated heterocycles. The standard InChI is InChI=1S/C13H20N2O2/c1-3-17-13-12(16)6-7-15(13)10-4-5-11(14)9(2)8-10/h4-5,8,12-13,16H,3,6-7,14H2,1-2H3. The first-order chi connectivity index (χ1) is 8.13. The van der Waals surface area contributed by atoms with Gasteiger partial charge in [0.25, 0.3) is 0 Å². The zero-order valence-electron chi connectivity index (χ0n) is 10.4. The lowest BCUT2D eigenvalue weighted by Crippen LogP contribution is -2.37. The highest BCUT2D eigenvalue weighted by Gasteiger charge is 2.33. The number of hydrogen-bond donors (Lipinski definition) is 2. The summed E-state index contributed by atoms with van der Waals surface area (Å²) in [6.45, 7) is 5.35. The molecule has 1 heterocycles. The number of aliphatic hydroxyl groups is 1. The van der Waals surface area contributed by atoms with E-state index in [9.17, 15) is 5.11 Å². The molecule has 1 aromatic rings. The van der Waals surface area contributed by atoms with Crippen molar-refractivity contribution in [3.05, 3.63) is 23.8 Å². The van der Waals surface area contributed by atoms with Crippen LogP contribution in [0.3, 0.4) is 0 Å². The van der Waals surface area contributed by atoms with E-state index in [0.29, 0.717) is 6.61 Å². The van der Waals surface area contributed by atoms with Gasteiger partial charge in [0, 0.05) is 24.5 Å². The molecule has 0 radical (unpaired) electrons. The number of anilines is 2. The fourth-order valence-corrected chi connectivity index (χ4v) is 2.24.